The summed E-state index contributed by atoms with van der Waals surface area (Å²) in [7, 11) is -4.36. The largest absolute Gasteiger partial charge is 0.507 e. The lowest BCUT2D eigenvalue weighted by molar-refractivity contribution is 0.471. The van der Waals surface area contributed by atoms with Gasteiger partial charge in [-0.15, -0.1) is 0 Å². The topological polar surface area (TPSA) is 110 Å². The predicted molar refractivity (Wildman–Crippen MR) is 74.1 cm³/mol. The van der Waals surface area contributed by atoms with Gasteiger partial charge in [0, 0.05) is 23.7 Å². The van der Waals surface area contributed by atoms with Crippen LogP contribution in [0.15, 0.2) is 35.2 Å². The van der Waals surface area contributed by atoms with Gasteiger partial charge in [-0.05, 0) is 23.6 Å². The Hall–Kier alpha value is -2.30. The van der Waals surface area contributed by atoms with Crippen molar-refractivity contribution in [3.05, 3.63) is 30.3 Å². The molecule has 0 amide bonds. The Balaban J connectivity index is 2.45. The number of rotatable bonds is 4. The second-order valence-electron chi connectivity index (χ2n) is 4.19. The minimum Gasteiger partial charge on any atom is -0.507 e. The van der Waals surface area contributed by atoms with Gasteiger partial charge in [0.2, 0.25) is 0 Å². The molecule has 0 spiro atoms. The molecular weight excluding hydrogens is 280 g/mol. The highest BCUT2D eigenvalue weighted by molar-refractivity contribution is 7.85. The molecule has 0 heterocycles. The van der Waals surface area contributed by atoms with E-state index in [4.69, 9.17) is 9.81 Å². The fraction of sp³-hybridized carbons (Fsp3) is 0.154. The van der Waals surface area contributed by atoms with Crippen molar-refractivity contribution >= 4 is 26.6 Å². The molecule has 0 bridgehead atoms. The first-order valence-corrected chi connectivity index (χ1v) is 7.21. The lowest BCUT2D eigenvalue weighted by Gasteiger charge is -2.08. The Morgan fingerprint density at radius 2 is 2.00 bits per heavy atom. The van der Waals surface area contributed by atoms with Crippen LogP contribution in [-0.4, -0.2) is 24.6 Å². The van der Waals surface area contributed by atoms with E-state index in [1.807, 2.05) is 6.07 Å². The molecule has 0 saturated heterocycles. The maximum atomic E-state index is 11.1. The molecule has 7 heteroatoms. The van der Waals surface area contributed by atoms with Gasteiger partial charge in [-0.3, -0.25) is 4.55 Å². The van der Waals surface area contributed by atoms with Crippen molar-refractivity contribution < 1.29 is 18.1 Å². The van der Waals surface area contributed by atoms with Gasteiger partial charge in [0.25, 0.3) is 10.1 Å². The molecule has 0 atom stereocenters. The van der Waals surface area contributed by atoms with Crippen molar-refractivity contribution in [2.75, 3.05) is 11.9 Å². The number of phenolic OH excluding ortho intramolecular Hbond substituents is 1. The molecule has 0 fully saturated rings. The number of phenols is 1. The SMILES string of the molecule is N#CCCNc1ccc2cc(S(=O)(=O)O)cc(O)c2c1. The van der Waals surface area contributed by atoms with Crippen LogP contribution in [0.25, 0.3) is 10.8 Å². The van der Waals surface area contributed by atoms with E-state index in [1.54, 1.807) is 18.2 Å². The second-order valence-corrected chi connectivity index (χ2v) is 5.61. The van der Waals surface area contributed by atoms with Crippen LogP contribution >= 0.6 is 0 Å². The molecule has 0 aliphatic carbocycles. The van der Waals surface area contributed by atoms with Gasteiger partial charge < -0.3 is 10.4 Å². The molecule has 2 rings (SSSR count). The van der Waals surface area contributed by atoms with Crippen molar-refractivity contribution in [3.8, 4) is 11.8 Å². The highest BCUT2D eigenvalue weighted by atomic mass is 32.2. The third-order valence-electron chi connectivity index (χ3n) is 2.77. The molecule has 6 nitrogen and oxygen atoms in total. The van der Waals surface area contributed by atoms with Gasteiger partial charge in [0.1, 0.15) is 5.75 Å². The summed E-state index contributed by atoms with van der Waals surface area (Å²) in [5.41, 5.74) is 0.711. The maximum absolute atomic E-state index is 11.1. The van der Waals surface area contributed by atoms with E-state index in [9.17, 15) is 13.5 Å². The van der Waals surface area contributed by atoms with Crippen LogP contribution in [0.3, 0.4) is 0 Å². The number of anilines is 1. The molecule has 104 valence electrons. The lowest BCUT2D eigenvalue weighted by Crippen LogP contribution is -2.00. The Morgan fingerprint density at radius 3 is 2.65 bits per heavy atom. The van der Waals surface area contributed by atoms with Crippen LogP contribution in [0.5, 0.6) is 5.75 Å². The average molecular weight is 292 g/mol. The molecule has 2 aromatic carbocycles. The second kappa shape index (κ2) is 5.36. The fourth-order valence-electron chi connectivity index (χ4n) is 1.83. The quantitative estimate of drug-likeness (QED) is 0.588. The molecule has 0 aromatic heterocycles. The standard InChI is InChI=1S/C13H12N2O4S/c14-4-1-5-15-10-3-2-9-6-11(20(17,18)19)8-13(16)12(9)7-10/h2-3,6-8,15-16H,1,5H2,(H,17,18,19). The Morgan fingerprint density at radius 1 is 1.25 bits per heavy atom. The Bertz CT molecular complexity index is 794. The van der Waals surface area contributed by atoms with E-state index in [0.717, 1.165) is 6.07 Å². The van der Waals surface area contributed by atoms with E-state index in [1.165, 1.54) is 6.07 Å². The predicted octanol–water partition coefficient (Wildman–Crippen LogP) is 2.12. The van der Waals surface area contributed by atoms with Gasteiger partial charge in [-0.2, -0.15) is 13.7 Å². The van der Waals surface area contributed by atoms with Crippen LogP contribution in [0.2, 0.25) is 0 Å². The molecule has 0 saturated carbocycles. The van der Waals surface area contributed by atoms with Crippen molar-refractivity contribution in [1.29, 1.82) is 5.26 Å². The van der Waals surface area contributed by atoms with Gasteiger partial charge in [-0.25, -0.2) is 0 Å². The number of nitriles is 1. The monoisotopic (exact) mass is 292 g/mol. The van der Waals surface area contributed by atoms with Crippen LogP contribution in [0.4, 0.5) is 5.69 Å². The van der Waals surface area contributed by atoms with Crippen LogP contribution < -0.4 is 5.32 Å². The lowest BCUT2D eigenvalue weighted by atomic mass is 10.1. The minimum absolute atomic E-state index is 0.237. The Labute approximate surface area is 116 Å². The summed E-state index contributed by atoms with van der Waals surface area (Å²) in [5, 5.41) is 22.3. The fourth-order valence-corrected chi connectivity index (χ4v) is 2.37. The molecule has 0 unspecified atom stereocenters. The van der Waals surface area contributed by atoms with Gasteiger partial charge in [0.05, 0.1) is 17.4 Å². The summed E-state index contributed by atoms with van der Waals surface area (Å²) < 4.78 is 31.1. The molecular formula is C13H12N2O4S. The first kappa shape index (κ1) is 14.1. The van der Waals surface area contributed by atoms with Gasteiger partial charge in [0.15, 0.2) is 0 Å². The van der Waals surface area contributed by atoms with Crippen molar-refractivity contribution in [3.63, 3.8) is 0 Å². The highest BCUT2D eigenvalue weighted by Crippen LogP contribution is 2.30. The smallest absolute Gasteiger partial charge is 0.294 e. The third-order valence-corrected chi connectivity index (χ3v) is 3.60. The van der Waals surface area contributed by atoms with E-state index >= 15 is 0 Å². The van der Waals surface area contributed by atoms with E-state index in [0.29, 0.717) is 29.4 Å². The Kier molecular flexibility index (Phi) is 3.79. The van der Waals surface area contributed by atoms with E-state index < -0.39 is 10.1 Å². The van der Waals surface area contributed by atoms with E-state index in [-0.39, 0.29) is 10.6 Å². The van der Waals surface area contributed by atoms with E-state index in [2.05, 4.69) is 5.32 Å². The van der Waals surface area contributed by atoms with Crippen molar-refractivity contribution in [2.24, 2.45) is 0 Å². The molecule has 0 aliphatic rings. The number of aromatic hydroxyl groups is 1. The van der Waals surface area contributed by atoms with Gasteiger partial charge >= 0.3 is 0 Å². The van der Waals surface area contributed by atoms with Crippen LogP contribution in [0.1, 0.15) is 6.42 Å². The first-order valence-electron chi connectivity index (χ1n) is 5.77. The molecule has 0 radical (unpaired) electrons. The number of benzene rings is 2. The summed E-state index contributed by atoms with van der Waals surface area (Å²) in [4.78, 5) is -0.354. The van der Waals surface area contributed by atoms with Crippen molar-refractivity contribution in [2.45, 2.75) is 11.3 Å². The first-order chi connectivity index (χ1) is 9.41. The maximum Gasteiger partial charge on any atom is 0.294 e. The summed E-state index contributed by atoms with van der Waals surface area (Å²) in [6, 6.07) is 9.26. The summed E-state index contributed by atoms with van der Waals surface area (Å²) in [6.07, 6.45) is 0.353. The molecule has 3 N–H and O–H groups in total. The summed E-state index contributed by atoms with van der Waals surface area (Å²) in [5.74, 6) is -0.237. The zero-order valence-electron chi connectivity index (χ0n) is 10.4. The number of hydrogen-bond acceptors (Lipinski definition) is 5. The molecule has 20 heavy (non-hydrogen) atoms. The number of nitrogens with one attached hydrogen (secondary N) is 1. The molecule has 2 aromatic rings. The number of nitrogens with zero attached hydrogens (tertiary/aromatic N) is 1. The average Bonchev–Trinajstić information content (AvgIpc) is 2.38. The highest BCUT2D eigenvalue weighted by Gasteiger charge is 2.13. The normalized spacial score (nSPS) is 11.2. The van der Waals surface area contributed by atoms with Crippen LogP contribution in [-0.2, 0) is 10.1 Å². The summed E-state index contributed by atoms with van der Waals surface area (Å²) >= 11 is 0. The number of fused-ring (bicyclic) bond motifs is 1. The van der Waals surface area contributed by atoms with Gasteiger partial charge in [-0.1, -0.05) is 6.07 Å². The molecule has 0 aliphatic heterocycles. The number of hydrogen-bond donors (Lipinski definition) is 3. The third kappa shape index (κ3) is 2.99. The summed E-state index contributed by atoms with van der Waals surface area (Å²) in [6.45, 7) is 0.478. The zero-order chi connectivity index (χ0) is 14.8. The zero-order valence-corrected chi connectivity index (χ0v) is 11.2. The van der Waals surface area contributed by atoms with Crippen LogP contribution in [0, 0.1) is 11.3 Å². The minimum atomic E-state index is -4.36. The van der Waals surface area contributed by atoms with Crippen molar-refractivity contribution in [1.82, 2.24) is 0 Å².